The smallest absolute Gasteiger partial charge is 0.146 e. The summed E-state index contributed by atoms with van der Waals surface area (Å²) in [5.74, 6) is 2.72. The van der Waals surface area contributed by atoms with Gasteiger partial charge in [0.25, 0.3) is 0 Å². The molecule has 3 aromatic rings. The fraction of sp³-hybridized carbons (Fsp3) is 0.609. The van der Waals surface area contributed by atoms with Crippen LogP contribution in [-0.2, 0) is 30.5 Å². The van der Waals surface area contributed by atoms with Crippen molar-refractivity contribution in [2.75, 3.05) is 38.2 Å². The molecule has 7 nitrogen and oxygen atoms in total. The summed E-state index contributed by atoms with van der Waals surface area (Å²) in [6, 6.07) is 0. The van der Waals surface area contributed by atoms with Crippen molar-refractivity contribution >= 4 is 27.4 Å². The molecule has 0 bridgehead atoms. The molecule has 0 amide bonds. The highest BCUT2D eigenvalue weighted by Gasteiger charge is 2.24. The van der Waals surface area contributed by atoms with E-state index < -0.39 is 0 Å². The van der Waals surface area contributed by atoms with Gasteiger partial charge in [-0.15, -0.1) is 11.3 Å². The lowest BCUT2D eigenvalue weighted by Gasteiger charge is -2.26. The normalized spacial score (nSPS) is 19.6. The number of nitrogens with one attached hydrogen (secondary N) is 2. The van der Waals surface area contributed by atoms with E-state index in [1.165, 1.54) is 39.9 Å². The maximum Gasteiger partial charge on any atom is 0.146 e. The number of anilines is 1. The summed E-state index contributed by atoms with van der Waals surface area (Å²) < 4.78 is 5.50. The highest BCUT2D eigenvalue weighted by molar-refractivity contribution is 7.19. The van der Waals surface area contributed by atoms with Crippen molar-refractivity contribution < 1.29 is 4.74 Å². The van der Waals surface area contributed by atoms with E-state index in [1.807, 2.05) is 17.5 Å². The molecular formula is C23H32N6OS. The largest absolute Gasteiger partial charge is 0.379 e. The third-order valence-electron chi connectivity index (χ3n) is 6.52. The Labute approximate surface area is 187 Å². The number of aromatic nitrogens is 4. The minimum absolute atomic E-state index is 0.760. The van der Waals surface area contributed by atoms with Crippen molar-refractivity contribution in [3.8, 4) is 0 Å². The molecule has 1 fully saturated rings. The van der Waals surface area contributed by atoms with E-state index in [4.69, 9.17) is 14.7 Å². The first-order valence-corrected chi connectivity index (χ1v) is 12.3. The molecule has 0 saturated carbocycles. The average molecular weight is 441 g/mol. The molecule has 1 atom stereocenters. The number of rotatable bonds is 7. The van der Waals surface area contributed by atoms with Gasteiger partial charge in [-0.1, -0.05) is 6.92 Å². The Kier molecular flexibility index (Phi) is 6.20. The molecule has 166 valence electrons. The second-order valence-electron chi connectivity index (χ2n) is 8.96. The summed E-state index contributed by atoms with van der Waals surface area (Å²) >= 11 is 1.89. The molecule has 31 heavy (non-hydrogen) atoms. The van der Waals surface area contributed by atoms with Crippen molar-refractivity contribution in [3.63, 3.8) is 0 Å². The molecule has 2 aliphatic rings. The van der Waals surface area contributed by atoms with Crippen LogP contribution in [0.5, 0.6) is 0 Å². The van der Waals surface area contributed by atoms with Gasteiger partial charge in [-0.2, -0.15) is 5.10 Å². The summed E-state index contributed by atoms with van der Waals surface area (Å²) in [7, 11) is 0. The van der Waals surface area contributed by atoms with E-state index in [2.05, 4.69) is 34.3 Å². The summed E-state index contributed by atoms with van der Waals surface area (Å²) in [5, 5.41) is 12.1. The van der Waals surface area contributed by atoms with Crippen LogP contribution in [0.25, 0.3) is 10.2 Å². The van der Waals surface area contributed by atoms with Crippen LogP contribution in [0.3, 0.4) is 0 Å². The highest BCUT2D eigenvalue weighted by Crippen LogP contribution is 2.40. The molecule has 1 aliphatic carbocycles. The van der Waals surface area contributed by atoms with Gasteiger partial charge in [0.1, 0.15) is 16.5 Å². The lowest BCUT2D eigenvalue weighted by Crippen LogP contribution is -2.36. The Bertz CT molecular complexity index is 1040. The Hall–Kier alpha value is -2.03. The maximum absolute atomic E-state index is 5.50. The quantitative estimate of drug-likeness (QED) is 0.545. The zero-order valence-electron chi connectivity index (χ0n) is 18.5. The van der Waals surface area contributed by atoms with Gasteiger partial charge >= 0.3 is 0 Å². The van der Waals surface area contributed by atoms with Gasteiger partial charge in [-0.3, -0.25) is 10.00 Å². The molecule has 5 rings (SSSR count). The molecule has 2 N–H and O–H groups in total. The van der Waals surface area contributed by atoms with Crippen LogP contribution in [0.4, 0.5) is 5.82 Å². The Morgan fingerprint density at radius 2 is 2.16 bits per heavy atom. The number of aromatic amines is 1. The summed E-state index contributed by atoms with van der Waals surface area (Å²) in [6.07, 6.45) is 7.58. The average Bonchev–Trinajstić information content (AvgIpc) is 3.34. The molecule has 1 aliphatic heterocycles. The van der Waals surface area contributed by atoms with E-state index in [9.17, 15) is 0 Å². The number of fused-ring (bicyclic) bond motifs is 3. The van der Waals surface area contributed by atoms with Crippen LogP contribution in [0.2, 0.25) is 0 Å². The van der Waals surface area contributed by atoms with Gasteiger partial charge in [0.05, 0.1) is 31.3 Å². The van der Waals surface area contributed by atoms with Crippen LogP contribution in [0.15, 0.2) is 6.20 Å². The molecule has 3 aromatic heterocycles. The van der Waals surface area contributed by atoms with Crippen molar-refractivity contribution in [1.29, 1.82) is 0 Å². The number of thiophene rings is 1. The molecular weight excluding hydrogens is 408 g/mol. The number of ether oxygens (including phenoxy) is 1. The van der Waals surface area contributed by atoms with Gasteiger partial charge in [0.15, 0.2) is 0 Å². The number of hydrogen-bond donors (Lipinski definition) is 2. The zero-order chi connectivity index (χ0) is 21.2. The molecule has 0 aromatic carbocycles. The predicted molar refractivity (Wildman–Crippen MR) is 125 cm³/mol. The van der Waals surface area contributed by atoms with E-state index in [0.717, 1.165) is 81.0 Å². The fourth-order valence-electron chi connectivity index (χ4n) is 4.66. The molecule has 8 heteroatoms. The number of morpholine rings is 1. The molecule has 1 unspecified atom stereocenters. The number of hydrogen-bond acceptors (Lipinski definition) is 7. The van der Waals surface area contributed by atoms with Gasteiger partial charge < -0.3 is 10.1 Å². The number of aryl methyl sites for hydroxylation is 3. The van der Waals surface area contributed by atoms with Gasteiger partial charge in [0.2, 0.25) is 0 Å². The van der Waals surface area contributed by atoms with Crippen LogP contribution >= 0.6 is 11.3 Å². The summed E-state index contributed by atoms with van der Waals surface area (Å²) in [6.45, 7) is 9.63. The Morgan fingerprint density at radius 1 is 1.29 bits per heavy atom. The SMILES string of the molecule is Cc1[nH]ncc1CCCNc1nc(CN2CCOCC2)nc2sc3c(c12)CCC(C)C3. The Balaban J connectivity index is 1.38. The van der Waals surface area contributed by atoms with Gasteiger partial charge in [0, 0.05) is 30.2 Å². The monoisotopic (exact) mass is 440 g/mol. The number of H-pyrrole nitrogens is 1. The molecule has 0 radical (unpaired) electrons. The van der Waals surface area contributed by atoms with E-state index in [-0.39, 0.29) is 0 Å². The molecule has 0 spiro atoms. The topological polar surface area (TPSA) is 79.0 Å². The van der Waals surface area contributed by atoms with Gasteiger partial charge in [-0.05, 0) is 56.1 Å². The van der Waals surface area contributed by atoms with Crippen molar-refractivity contribution in [3.05, 3.63) is 33.7 Å². The van der Waals surface area contributed by atoms with Crippen LogP contribution < -0.4 is 5.32 Å². The van der Waals surface area contributed by atoms with E-state index in [1.54, 1.807) is 0 Å². The van der Waals surface area contributed by atoms with Crippen molar-refractivity contribution in [2.45, 2.75) is 52.5 Å². The lowest BCUT2D eigenvalue weighted by molar-refractivity contribution is 0.0331. The van der Waals surface area contributed by atoms with Crippen LogP contribution in [0, 0.1) is 12.8 Å². The van der Waals surface area contributed by atoms with Crippen LogP contribution in [-0.4, -0.2) is 57.9 Å². The third kappa shape index (κ3) is 4.61. The van der Waals surface area contributed by atoms with Crippen LogP contribution in [0.1, 0.15) is 47.3 Å². The van der Waals surface area contributed by atoms with Crippen molar-refractivity contribution in [2.24, 2.45) is 5.92 Å². The summed E-state index contributed by atoms with van der Waals surface area (Å²) in [4.78, 5) is 15.1. The molecule has 1 saturated heterocycles. The molecule has 4 heterocycles. The van der Waals surface area contributed by atoms with Crippen molar-refractivity contribution in [1.82, 2.24) is 25.1 Å². The number of nitrogens with zero attached hydrogens (tertiary/aromatic N) is 4. The fourth-order valence-corrected chi connectivity index (χ4v) is 6.06. The van der Waals surface area contributed by atoms with E-state index >= 15 is 0 Å². The first kappa shape index (κ1) is 20.8. The summed E-state index contributed by atoms with van der Waals surface area (Å²) in [5.41, 5.74) is 3.95. The standard InChI is InChI=1S/C23H32N6OS/c1-15-5-6-18-19(12-15)31-23-21(18)22(24-7-3-4-17-13-25-28-16(17)2)26-20(27-23)14-29-8-10-30-11-9-29/h13,15H,3-12,14H2,1-2H3,(H,25,28)(H,24,26,27). The lowest BCUT2D eigenvalue weighted by atomic mass is 9.89. The predicted octanol–water partition coefficient (Wildman–Crippen LogP) is 3.72. The zero-order valence-corrected chi connectivity index (χ0v) is 19.4. The Morgan fingerprint density at radius 3 is 2.97 bits per heavy atom. The maximum atomic E-state index is 5.50. The van der Waals surface area contributed by atoms with Gasteiger partial charge in [-0.25, -0.2) is 9.97 Å². The first-order chi connectivity index (χ1) is 15.2. The second kappa shape index (κ2) is 9.22. The minimum atomic E-state index is 0.760. The second-order valence-corrected chi connectivity index (χ2v) is 10.0. The third-order valence-corrected chi connectivity index (χ3v) is 7.67. The first-order valence-electron chi connectivity index (χ1n) is 11.5. The van der Waals surface area contributed by atoms with E-state index in [0.29, 0.717) is 0 Å². The highest BCUT2D eigenvalue weighted by atomic mass is 32.1. The minimum Gasteiger partial charge on any atom is -0.379 e.